The average molecular weight is 288 g/mol. The van der Waals surface area contributed by atoms with Crippen LogP contribution in [0.5, 0.6) is 0 Å². The monoisotopic (exact) mass is 288 g/mol. The number of nitrogens with zero attached hydrogens (tertiary/aromatic N) is 2. The molecule has 2 aliphatic heterocycles. The summed E-state index contributed by atoms with van der Waals surface area (Å²) in [6.07, 6.45) is 6.79. The van der Waals surface area contributed by atoms with Crippen molar-refractivity contribution in [3.63, 3.8) is 0 Å². The van der Waals surface area contributed by atoms with E-state index < -0.39 is 0 Å². The van der Waals surface area contributed by atoms with Gasteiger partial charge in [0.05, 0.1) is 6.61 Å². The zero-order chi connectivity index (χ0) is 14.7. The first-order chi connectivity index (χ1) is 10.3. The number of anilines is 1. The van der Waals surface area contributed by atoms with Crippen molar-refractivity contribution in [2.45, 2.75) is 51.7 Å². The third-order valence-corrected chi connectivity index (χ3v) is 5.16. The molecule has 3 heteroatoms. The molecular weight excluding hydrogens is 260 g/mol. The molecule has 1 N–H and O–H groups in total. The van der Waals surface area contributed by atoms with Gasteiger partial charge in [-0.25, -0.2) is 0 Å². The van der Waals surface area contributed by atoms with Gasteiger partial charge < -0.3 is 14.9 Å². The van der Waals surface area contributed by atoms with Crippen molar-refractivity contribution in [3.05, 3.63) is 29.3 Å². The fourth-order valence-electron chi connectivity index (χ4n) is 3.93. The molecule has 0 bridgehead atoms. The van der Waals surface area contributed by atoms with Gasteiger partial charge in [0.1, 0.15) is 0 Å². The second-order valence-electron chi connectivity index (χ2n) is 6.59. The van der Waals surface area contributed by atoms with Gasteiger partial charge in [0, 0.05) is 24.8 Å². The molecule has 2 heterocycles. The van der Waals surface area contributed by atoms with Gasteiger partial charge in [0.25, 0.3) is 0 Å². The number of aliphatic hydroxyl groups is 1. The third-order valence-electron chi connectivity index (χ3n) is 5.16. The summed E-state index contributed by atoms with van der Waals surface area (Å²) >= 11 is 0. The van der Waals surface area contributed by atoms with Gasteiger partial charge in [-0.3, -0.25) is 0 Å². The summed E-state index contributed by atoms with van der Waals surface area (Å²) in [7, 11) is 0. The summed E-state index contributed by atoms with van der Waals surface area (Å²) in [5, 5.41) is 9.22. The summed E-state index contributed by atoms with van der Waals surface area (Å²) in [5.41, 5.74) is 3.65. The van der Waals surface area contributed by atoms with E-state index in [2.05, 4.69) is 34.9 Å². The predicted molar refractivity (Wildman–Crippen MR) is 87.8 cm³/mol. The normalized spacial score (nSPS) is 21.7. The minimum atomic E-state index is 0.137. The van der Waals surface area contributed by atoms with Crippen molar-refractivity contribution < 1.29 is 5.11 Å². The van der Waals surface area contributed by atoms with Crippen molar-refractivity contribution in [2.75, 3.05) is 31.1 Å². The van der Waals surface area contributed by atoms with Crippen molar-refractivity contribution in [3.8, 4) is 0 Å². The molecule has 21 heavy (non-hydrogen) atoms. The molecule has 2 aliphatic rings. The van der Waals surface area contributed by atoms with Crippen molar-refractivity contribution in [2.24, 2.45) is 0 Å². The fourth-order valence-corrected chi connectivity index (χ4v) is 3.93. The average Bonchev–Trinajstić information content (AvgIpc) is 2.56. The lowest BCUT2D eigenvalue weighted by atomic mass is 9.98. The minimum absolute atomic E-state index is 0.137. The molecule has 1 aromatic rings. The molecule has 0 unspecified atom stereocenters. The van der Waals surface area contributed by atoms with E-state index in [1.165, 1.54) is 69.5 Å². The zero-order valence-electron chi connectivity index (χ0n) is 13.2. The number of benzene rings is 1. The molecule has 0 aliphatic carbocycles. The molecule has 0 amide bonds. The quantitative estimate of drug-likeness (QED) is 0.926. The minimum Gasteiger partial charge on any atom is -0.392 e. The van der Waals surface area contributed by atoms with E-state index in [0.29, 0.717) is 0 Å². The van der Waals surface area contributed by atoms with E-state index in [0.717, 1.165) is 11.6 Å². The second-order valence-corrected chi connectivity index (χ2v) is 6.59. The van der Waals surface area contributed by atoms with Gasteiger partial charge in [0.15, 0.2) is 0 Å². The van der Waals surface area contributed by atoms with Crippen LogP contribution in [0.3, 0.4) is 0 Å². The summed E-state index contributed by atoms with van der Waals surface area (Å²) in [4.78, 5) is 5.25. The number of rotatable bonds is 3. The topological polar surface area (TPSA) is 26.7 Å². The number of aryl methyl sites for hydroxylation is 1. The van der Waals surface area contributed by atoms with E-state index in [1.807, 2.05) is 0 Å². The van der Waals surface area contributed by atoms with Gasteiger partial charge in [-0.15, -0.1) is 0 Å². The maximum Gasteiger partial charge on any atom is 0.0681 e. The molecule has 0 spiro atoms. The highest BCUT2D eigenvalue weighted by Gasteiger charge is 2.26. The fraction of sp³-hybridized carbons (Fsp3) is 0.667. The summed E-state index contributed by atoms with van der Waals surface area (Å²) in [5.74, 6) is 0. The molecule has 2 fully saturated rings. The molecule has 3 nitrogen and oxygen atoms in total. The first-order valence-electron chi connectivity index (χ1n) is 8.47. The van der Waals surface area contributed by atoms with Crippen LogP contribution in [0.25, 0.3) is 0 Å². The number of piperidine rings is 2. The molecule has 0 saturated carbocycles. The zero-order valence-corrected chi connectivity index (χ0v) is 13.2. The van der Waals surface area contributed by atoms with Crippen LogP contribution in [0.1, 0.15) is 43.2 Å². The van der Waals surface area contributed by atoms with Crippen molar-refractivity contribution in [1.29, 1.82) is 0 Å². The smallest absolute Gasteiger partial charge is 0.0681 e. The molecular formula is C18H28N2O. The Hall–Kier alpha value is -1.06. The molecule has 0 atom stereocenters. The summed E-state index contributed by atoms with van der Waals surface area (Å²) in [6, 6.07) is 7.16. The van der Waals surface area contributed by atoms with Gasteiger partial charge in [-0.2, -0.15) is 0 Å². The Labute approximate surface area is 128 Å². The van der Waals surface area contributed by atoms with Crippen molar-refractivity contribution in [1.82, 2.24) is 4.90 Å². The van der Waals surface area contributed by atoms with Crippen LogP contribution >= 0.6 is 0 Å². The summed E-state index contributed by atoms with van der Waals surface area (Å²) < 4.78 is 0. The van der Waals surface area contributed by atoms with Crippen LogP contribution in [0, 0.1) is 6.92 Å². The lowest BCUT2D eigenvalue weighted by molar-refractivity contribution is 0.141. The number of hydrogen-bond acceptors (Lipinski definition) is 3. The lowest BCUT2D eigenvalue weighted by Gasteiger charge is -2.41. The predicted octanol–water partition coefficient (Wildman–Crippen LogP) is 2.94. The first-order valence-corrected chi connectivity index (χ1v) is 8.47. The number of hydrogen-bond donors (Lipinski definition) is 1. The van der Waals surface area contributed by atoms with E-state index >= 15 is 0 Å². The van der Waals surface area contributed by atoms with Crippen LogP contribution in [0.15, 0.2) is 18.2 Å². The molecule has 3 rings (SSSR count). The Morgan fingerprint density at radius 2 is 1.76 bits per heavy atom. The van der Waals surface area contributed by atoms with Gasteiger partial charge in [-0.05, 0) is 62.9 Å². The van der Waals surface area contributed by atoms with Gasteiger partial charge >= 0.3 is 0 Å². The van der Waals surface area contributed by atoms with E-state index in [9.17, 15) is 5.11 Å². The van der Waals surface area contributed by atoms with Crippen LogP contribution < -0.4 is 4.90 Å². The Kier molecular flexibility index (Phi) is 4.81. The third kappa shape index (κ3) is 3.41. The van der Waals surface area contributed by atoms with Crippen LogP contribution in [-0.4, -0.2) is 42.2 Å². The molecule has 0 aromatic heterocycles. The summed E-state index contributed by atoms with van der Waals surface area (Å²) in [6.45, 7) is 7.26. The highest BCUT2D eigenvalue weighted by molar-refractivity contribution is 5.54. The van der Waals surface area contributed by atoms with Crippen LogP contribution in [0.2, 0.25) is 0 Å². The SMILES string of the molecule is Cc1cc(CO)ccc1N1CCC(N2CCCCC2)CC1. The van der Waals surface area contributed by atoms with Gasteiger partial charge in [-0.1, -0.05) is 18.6 Å². The molecule has 116 valence electrons. The van der Waals surface area contributed by atoms with Crippen molar-refractivity contribution >= 4 is 5.69 Å². The lowest BCUT2D eigenvalue weighted by Crippen LogP contribution is -2.46. The Bertz CT molecular complexity index is 460. The molecule has 1 aromatic carbocycles. The van der Waals surface area contributed by atoms with E-state index in [1.54, 1.807) is 0 Å². The van der Waals surface area contributed by atoms with Gasteiger partial charge in [0.2, 0.25) is 0 Å². The van der Waals surface area contributed by atoms with Crippen LogP contribution in [0.4, 0.5) is 5.69 Å². The first kappa shape index (κ1) is 14.9. The Morgan fingerprint density at radius 1 is 1.05 bits per heavy atom. The van der Waals surface area contributed by atoms with Crippen LogP contribution in [-0.2, 0) is 6.61 Å². The molecule has 0 radical (unpaired) electrons. The Morgan fingerprint density at radius 3 is 2.38 bits per heavy atom. The van der Waals surface area contributed by atoms with E-state index in [4.69, 9.17) is 0 Å². The highest BCUT2D eigenvalue weighted by atomic mass is 16.3. The standard InChI is InChI=1S/C18H28N2O/c1-15-13-16(14-21)5-6-18(15)20-11-7-17(8-12-20)19-9-3-2-4-10-19/h5-6,13,17,21H,2-4,7-12,14H2,1H3. The maximum absolute atomic E-state index is 9.22. The Balaban J connectivity index is 1.60. The molecule has 2 saturated heterocycles. The maximum atomic E-state index is 9.22. The second kappa shape index (κ2) is 6.80. The number of aliphatic hydroxyl groups excluding tert-OH is 1. The van der Waals surface area contributed by atoms with E-state index in [-0.39, 0.29) is 6.61 Å². The largest absolute Gasteiger partial charge is 0.392 e. The number of likely N-dealkylation sites (tertiary alicyclic amines) is 1. The highest BCUT2D eigenvalue weighted by Crippen LogP contribution is 2.27.